The molecule has 0 bridgehead atoms. The lowest BCUT2D eigenvalue weighted by Crippen LogP contribution is -2.21. The molecule has 16 heavy (non-hydrogen) atoms. The molecule has 0 aromatic heterocycles. The summed E-state index contributed by atoms with van der Waals surface area (Å²) in [6, 6.07) is 7.51. The predicted octanol–water partition coefficient (Wildman–Crippen LogP) is 1.91. The molecule has 0 unspecified atom stereocenters. The van der Waals surface area contributed by atoms with Crippen molar-refractivity contribution >= 4 is 11.6 Å². The summed E-state index contributed by atoms with van der Waals surface area (Å²) in [6.45, 7) is 0. The molecule has 1 aliphatic rings. The van der Waals surface area contributed by atoms with E-state index in [1.54, 1.807) is 0 Å². The summed E-state index contributed by atoms with van der Waals surface area (Å²) in [7, 11) is 0. The molecule has 1 aromatic rings. The van der Waals surface area contributed by atoms with Crippen LogP contribution in [0, 0.1) is 0 Å². The molecule has 4 heteroatoms. The highest BCUT2D eigenvalue weighted by molar-refractivity contribution is 5.78. The summed E-state index contributed by atoms with van der Waals surface area (Å²) in [5, 5.41) is 0. The Labute approximate surface area is 95.3 Å². The van der Waals surface area contributed by atoms with Crippen molar-refractivity contribution in [1.82, 2.24) is 0 Å². The first-order valence-corrected chi connectivity index (χ1v) is 5.60. The molecule has 1 aliphatic carbocycles. The van der Waals surface area contributed by atoms with Crippen LogP contribution in [-0.4, -0.2) is 12.1 Å². The van der Waals surface area contributed by atoms with Crippen molar-refractivity contribution in [3.05, 3.63) is 24.3 Å². The Morgan fingerprint density at radius 3 is 2.31 bits per heavy atom. The molecule has 4 N–H and O–H groups in total. The zero-order valence-corrected chi connectivity index (χ0v) is 9.23. The first-order chi connectivity index (χ1) is 7.74. The van der Waals surface area contributed by atoms with Gasteiger partial charge in [-0.1, -0.05) is 0 Å². The van der Waals surface area contributed by atoms with Crippen LogP contribution in [0.15, 0.2) is 29.3 Å². The molecule has 4 nitrogen and oxygen atoms in total. The average Bonchev–Trinajstić information content (AvgIpc) is 2.73. The van der Waals surface area contributed by atoms with Gasteiger partial charge in [0.15, 0.2) is 5.96 Å². The van der Waals surface area contributed by atoms with Gasteiger partial charge >= 0.3 is 0 Å². The van der Waals surface area contributed by atoms with Crippen molar-refractivity contribution in [3.63, 3.8) is 0 Å². The highest BCUT2D eigenvalue weighted by Gasteiger charge is 2.16. The third-order valence-corrected chi connectivity index (χ3v) is 2.70. The number of ether oxygens (including phenoxy) is 1. The van der Waals surface area contributed by atoms with E-state index in [4.69, 9.17) is 16.2 Å². The van der Waals surface area contributed by atoms with Crippen molar-refractivity contribution in [3.8, 4) is 5.75 Å². The molecule has 0 aliphatic heterocycles. The second-order valence-electron chi connectivity index (χ2n) is 4.05. The average molecular weight is 219 g/mol. The fourth-order valence-electron chi connectivity index (χ4n) is 1.95. The number of hydrogen-bond donors (Lipinski definition) is 2. The summed E-state index contributed by atoms with van der Waals surface area (Å²) in [4.78, 5) is 3.95. The van der Waals surface area contributed by atoms with Gasteiger partial charge in [-0.3, -0.25) is 0 Å². The number of aliphatic imine (C=N–C) groups is 1. The summed E-state index contributed by atoms with van der Waals surface area (Å²) < 4.78 is 5.82. The lowest BCUT2D eigenvalue weighted by molar-refractivity contribution is 0.210. The van der Waals surface area contributed by atoms with Crippen LogP contribution in [0.3, 0.4) is 0 Å². The highest BCUT2D eigenvalue weighted by Crippen LogP contribution is 2.25. The number of guanidine groups is 1. The number of hydrogen-bond acceptors (Lipinski definition) is 2. The Hall–Kier alpha value is -1.71. The van der Waals surface area contributed by atoms with E-state index < -0.39 is 0 Å². The minimum atomic E-state index is 0.0736. The van der Waals surface area contributed by atoms with E-state index in [1.807, 2.05) is 24.3 Å². The molecule has 0 amide bonds. The van der Waals surface area contributed by atoms with E-state index in [9.17, 15) is 0 Å². The maximum atomic E-state index is 5.82. The molecule has 86 valence electrons. The molecule has 0 radical (unpaired) electrons. The number of rotatable bonds is 3. The molecule has 0 spiro atoms. The fourth-order valence-corrected chi connectivity index (χ4v) is 1.95. The molecule has 0 atom stereocenters. The summed E-state index contributed by atoms with van der Waals surface area (Å²) in [5.74, 6) is 0.964. The Bertz CT molecular complexity index is 362. The van der Waals surface area contributed by atoms with Gasteiger partial charge in [0.1, 0.15) is 5.75 Å². The van der Waals surface area contributed by atoms with Crippen LogP contribution in [0.4, 0.5) is 5.69 Å². The van der Waals surface area contributed by atoms with Gasteiger partial charge in [-0.15, -0.1) is 0 Å². The maximum Gasteiger partial charge on any atom is 0.191 e. The lowest BCUT2D eigenvalue weighted by Gasteiger charge is -2.12. The van der Waals surface area contributed by atoms with Gasteiger partial charge in [-0.2, -0.15) is 0 Å². The minimum Gasteiger partial charge on any atom is -0.490 e. The third-order valence-electron chi connectivity index (χ3n) is 2.70. The highest BCUT2D eigenvalue weighted by atomic mass is 16.5. The fraction of sp³-hybridized carbons (Fsp3) is 0.417. The zero-order valence-electron chi connectivity index (χ0n) is 9.23. The molecule has 2 rings (SSSR count). The van der Waals surface area contributed by atoms with Crippen molar-refractivity contribution < 1.29 is 4.74 Å². The lowest BCUT2D eigenvalue weighted by atomic mass is 10.3. The number of nitrogens with zero attached hydrogens (tertiary/aromatic N) is 1. The minimum absolute atomic E-state index is 0.0736. The molecule has 1 aromatic carbocycles. The molecule has 0 saturated heterocycles. The number of nitrogens with two attached hydrogens (primary N) is 2. The Morgan fingerprint density at radius 2 is 1.75 bits per heavy atom. The van der Waals surface area contributed by atoms with Gasteiger partial charge in [-0.05, 0) is 49.9 Å². The quantitative estimate of drug-likeness (QED) is 0.602. The second kappa shape index (κ2) is 4.88. The third kappa shape index (κ3) is 2.89. The van der Waals surface area contributed by atoms with E-state index in [2.05, 4.69) is 4.99 Å². The van der Waals surface area contributed by atoms with Crippen LogP contribution in [0.25, 0.3) is 0 Å². The zero-order chi connectivity index (χ0) is 11.4. The SMILES string of the molecule is NC(N)=Nc1ccc(OC2CCCC2)cc1. The Morgan fingerprint density at radius 1 is 1.12 bits per heavy atom. The van der Waals surface area contributed by atoms with E-state index in [-0.39, 0.29) is 5.96 Å². The first kappa shape index (κ1) is 10.8. The summed E-state index contributed by atoms with van der Waals surface area (Å²) >= 11 is 0. The van der Waals surface area contributed by atoms with E-state index >= 15 is 0 Å². The molecular formula is C12H17N3O. The topological polar surface area (TPSA) is 73.6 Å². The largest absolute Gasteiger partial charge is 0.490 e. The molecule has 1 saturated carbocycles. The van der Waals surface area contributed by atoms with Crippen LogP contribution in [0.5, 0.6) is 5.75 Å². The van der Waals surface area contributed by atoms with Crippen molar-refractivity contribution in [2.75, 3.05) is 0 Å². The molecule has 1 fully saturated rings. The van der Waals surface area contributed by atoms with E-state index in [0.29, 0.717) is 6.10 Å². The van der Waals surface area contributed by atoms with E-state index in [1.165, 1.54) is 12.8 Å². The number of benzene rings is 1. The van der Waals surface area contributed by atoms with Crippen LogP contribution in [-0.2, 0) is 0 Å². The van der Waals surface area contributed by atoms with Crippen LogP contribution < -0.4 is 16.2 Å². The molecular weight excluding hydrogens is 202 g/mol. The maximum absolute atomic E-state index is 5.82. The van der Waals surface area contributed by atoms with Gasteiger partial charge in [0, 0.05) is 0 Å². The van der Waals surface area contributed by atoms with Crippen LogP contribution in [0.1, 0.15) is 25.7 Å². The Kier molecular flexibility index (Phi) is 3.29. The van der Waals surface area contributed by atoms with Crippen molar-refractivity contribution in [1.29, 1.82) is 0 Å². The Balaban J connectivity index is 1.98. The molecule has 0 heterocycles. The smallest absolute Gasteiger partial charge is 0.191 e. The van der Waals surface area contributed by atoms with Gasteiger partial charge in [-0.25, -0.2) is 4.99 Å². The van der Waals surface area contributed by atoms with Crippen LogP contribution in [0.2, 0.25) is 0 Å². The standard InChI is InChI=1S/C12H17N3O/c13-12(14)15-9-5-7-11(8-6-9)16-10-3-1-2-4-10/h5-8,10H,1-4H2,(H4,13,14,15). The van der Waals surface area contributed by atoms with Gasteiger partial charge in [0.05, 0.1) is 11.8 Å². The normalized spacial score (nSPS) is 16.0. The summed E-state index contributed by atoms with van der Waals surface area (Å²) in [5.41, 5.74) is 11.3. The first-order valence-electron chi connectivity index (χ1n) is 5.60. The van der Waals surface area contributed by atoms with E-state index in [0.717, 1.165) is 24.3 Å². The predicted molar refractivity (Wildman–Crippen MR) is 64.8 cm³/mol. The van der Waals surface area contributed by atoms with Crippen molar-refractivity contribution in [2.45, 2.75) is 31.8 Å². The van der Waals surface area contributed by atoms with Gasteiger partial charge < -0.3 is 16.2 Å². The van der Waals surface area contributed by atoms with Crippen molar-refractivity contribution in [2.24, 2.45) is 16.5 Å². The summed E-state index contributed by atoms with van der Waals surface area (Å²) in [6.07, 6.45) is 5.26. The van der Waals surface area contributed by atoms with Gasteiger partial charge in [0.2, 0.25) is 0 Å². The van der Waals surface area contributed by atoms with Gasteiger partial charge in [0.25, 0.3) is 0 Å². The van der Waals surface area contributed by atoms with Crippen LogP contribution >= 0.6 is 0 Å². The monoisotopic (exact) mass is 219 g/mol. The second-order valence-corrected chi connectivity index (χ2v) is 4.05.